The van der Waals surface area contributed by atoms with Gasteiger partial charge in [-0.15, -0.1) is 0 Å². The molecule has 0 N–H and O–H groups in total. The van der Waals surface area contributed by atoms with Crippen molar-refractivity contribution in [1.29, 1.82) is 0 Å². The van der Waals surface area contributed by atoms with Crippen LogP contribution in [-0.4, -0.2) is 53.1 Å². The van der Waals surface area contributed by atoms with E-state index in [2.05, 4.69) is 16.9 Å². The Morgan fingerprint density at radius 1 is 1.22 bits per heavy atom. The Morgan fingerprint density at radius 2 is 1.93 bits per heavy atom. The predicted molar refractivity (Wildman–Crippen MR) is 101 cm³/mol. The van der Waals surface area contributed by atoms with Gasteiger partial charge in [-0.1, -0.05) is 0 Å². The fourth-order valence-electron chi connectivity index (χ4n) is 3.97. The molecule has 1 atom stereocenters. The van der Waals surface area contributed by atoms with Crippen molar-refractivity contribution in [3.8, 4) is 0 Å². The number of hydrogen-bond donors (Lipinski definition) is 0. The molecule has 9 heteroatoms. The maximum atomic E-state index is 11.9. The molecular formula is C18H27N5O4. The first-order chi connectivity index (χ1) is 13.0. The van der Waals surface area contributed by atoms with Crippen LogP contribution in [0.1, 0.15) is 46.0 Å². The fourth-order valence-corrected chi connectivity index (χ4v) is 3.97. The lowest BCUT2D eigenvalue weighted by Gasteiger charge is -2.35. The van der Waals surface area contributed by atoms with Crippen molar-refractivity contribution in [1.82, 2.24) is 9.97 Å². The van der Waals surface area contributed by atoms with Gasteiger partial charge in [0.1, 0.15) is 6.33 Å². The van der Waals surface area contributed by atoms with E-state index in [-0.39, 0.29) is 28.5 Å². The van der Waals surface area contributed by atoms with E-state index in [9.17, 15) is 14.9 Å². The van der Waals surface area contributed by atoms with E-state index in [1.54, 1.807) is 6.92 Å². The Labute approximate surface area is 158 Å². The average molecular weight is 377 g/mol. The molecule has 2 aliphatic rings. The van der Waals surface area contributed by atoms with E-state index >= 15 is 0 Å². The van der Waals surface area contributed by atoms with Crippen molar-refractivity contribution in [2.24, 2.45) is 5.92 Å². The zero-order valence-corrected chi connectivity index (χ0v) is 16.0. The highest BCUT2D eigenvalue weighted by Gasteiger charge is 2.35. The molecule has 2 fully saturated rings. The van der Waals surface area contributed by atoms with E-state index in [1.807, 2.05) is 9.80 Å². The van der Waals surface area contributed by atoms with Crippen LogP contribution in [0, 0.1) is 16.0 Å². The maximum absolute atomic E-state index is 11.9. The molecule has 148 valence electrons. The van der Waals surface area contributed by atoms with E-state index in [4.69, 9.17) is 4.74 Å². The lowest BCUT2D eigenvalue weighted by Crippen LogP contribution is -2.40. The molecular weight excluding hydrogens is 350 g/mol. The molecule has 1 unspecified atom stereocenters. The van der Waals surface area contributed by atoms with Gasteiger partial charge in [-0.2, -0.15) is 0 Å². The number of piperidine rings is 2. The second-order valence-electron chi connectivity index (χ2n) is 7.18. The van der Waals surface area contributed by atoms with Gasteiger partial charge in [-0.3, -0.25) is 14.9 Å². The van der Waals surface area contributed by atoms with Gasteiger partial charge in [0.2, 0.25) is 11.6 Å². The average Bonchev–Trinajstić information content (AvgIpc) is 2.68. The van der Waals surface area contributed by atoms with Crippen molar-refractivity contribution < 1.29 is 14.5 Å². The molecule has 0 saturated carbocycles. The molecule has 0 aliphatic carbocycles. The smallest absolute Gasteiger partial charge is 0.353 e. The van der Waals surface area contributed by atoms with Gasteiger partial charge in [0.25, 0.3) is 0 Å². The van der Waals surface area contributed by atoms with Crippen LogP contribution < -0.4 is 9.80 Å². The number of carbonyl (C=O) groups excluding carboxylic acids is 1. The minimum atomic E-state index is -0.372. The molecule has 1 aromatic heterocycles. The second kappa shape index (κ2) is 8.49. The minimum absolute atomic E-state index is 0.0270. The van der Waals surface area contributed by atoms with Crippen molar-refractivity contribution >= 4 is 23.3 Å². The van der Waals surface area contributed by atoms with Crippen LogP contribution in [-0.2, 0) is 9.53 Å². The SMILES string of the molecule is CCOC(=O)C1CCN(c2ncnc(N3CCCCC3C)c2[N+](=O)[O-])CC1. The molecule has 0 amide bonds. The molecule has 0 radical (unpaired) electrons. The summed E-state index contributed by atoms with van der Waals surface area (Å²) in [6, 6.07) is 0.217. The third-order valence-corrected chi connectivity index (χ3v) is 5.46. The number of esters is 1. The molecule has 2 aliphatic heterocycles. The molecule has 2 saturated heterocycles. The van der Waals surface area contributed by atoms with E-state index in [0.717, 1.165) is 25.8 Å². The minimum Gasteiger partial charge on any atom is -0.466 e. The quantitative estimate of drug-likeness (QED) is 0.438. The van der Waals surface area contributed by atoms with Gasteiger partial charge in [-0.25, -0.2) is 9.97 Å². The number of ether oxygens (including phenoxy) is 1. The summed E-state index contributed by atoms with van der Waals surface area (Å²) in [5, 5.41) is 11.9. The molecule has 3 heterocycles. The third kappa shape index (κ3) is 4.12. The van der Waals surface area contributed by atoms with Gasteiger partial charge in [0.15, 0.2) is 0 Å². The van der Waals surface area contributed by atoms with Crippen LogP contribution in [0.5, 0.6) is 0 Å². The Hall–Kier alpha value is -2.45. The van der Waals surface area contributed by atoms with Gasteiger partial charge >= 0.3 is 11.7 Å². The lowest BCUT2D eigenvalue weighted by atomic mass is 9.97. The Bertz CT molecular complexity index is 690. The predicted octanol–water partition coefficient (Wildman–Crippen LogP) is 2.54. The van der Waals surface area contributed by atoms with Gasteiger partial charge < -0.3 is 14.5 Å². The van der Waals surface area contributed by atoms with Crippen LogP contribution in [0.15, 0.2) is 6.33 Å². The normalized spacial score (nSPS) is 21.2. The molecule has 27 heavy (non-hydrogen) atoms. The maximum Gasteiger partial charge on any atom is 0.353 e. The van der Waals surface area contributed by atoms with Crippen LogP contribution >= 0.6 is 0 Å². The molecule has 9 nitrogen and oxygen atoms in total. The van der Waals surface area contributed by atoms with Gasteiger partial charge in [0, 0.05) is 25.7 Å². The summed E-state index contributed by atoms with van der Waals surface area (Å²) >= 11 is 0. The molecule has 0 spiro atoms. The molecule has 1 aromatic rings. The number of carbonyl (C=O) groups is 1. The number of nitro groups is 1. The molecule has 0 aromatic carbocycles. The summed E-state index contributed by atoms with van der Waals surface area (Å²) in [5.41, 5.74) is -0.0270. The second-order valence-corrected chi connectivity index (χ2v) is 7.18. The summed E-state index contributed by atoms with van der Waals surface area (Å²) in [4.78, 5) is 35.9. The summed E-state index contributed by atoms with van der Waals surface area (Å²) in [6.07, 6.45) is 5.76. The standard InChI is InChI=1S/C18H27N5O4/c1-3-27-18(24)14-7-10-21(11-8-14)16-15(23(25)26)17(20-12-19-16)22-9-5-4-6-13(22)2/h12-14H,3-11H2,1-2H3. The Kier molecular flexibility index (Phi) is 6.08. The number of rotatable bonds is 5. The number of aromatic nitrogens is 2. The van der Waals surface area contributed by atoms with Crippen LogP contribution in [0.4, 0.5) is 17.3 Å². The van der Waals surface area contributed by atoms with Crippen LogP contribution in [0.2, 0.25) is 0 Å². The highest BCUT2D eigenvalue weighted by atomic mass is 16.6. The highest BCUT2D eigenvalue weighted by Crippen LogP contribution is 2.38. The Morgan fingerprint density at radius 3 is 2.56 bits per heavy atom. The monoisotopic (exact) mass is 377 g/mol. The lowest BCUT2D eigenvalue weighted by molar-refractivity contribution is -0.383. The first-order valence-electron chi connectivity index (χ1n) is 9.70. The summed E-state index contributed by atoms with van der Waals surface area (Å²) in [6.45, 7) is 6.08. The number of nitrogens with zero attached hydrogens (tertiary/aromatic N) is 5. The van der Waals surface area contributed by atoms with Crippen LogP contribution in [0.25, 0.3) is 0 Å². The van der Waals surface area contributed by atoms with Crippen molar-refractivity contribution in [3.63, 3.8) is 0 Å². The third-order valence-electron chi connectivity index (χ3n) is 5.46. The Balaban J connectivity index is 1.83. The molecule has 3 rings (SSSR count). The van der Waals surface area contributed by atoms with Crippen molar-refractivity contribution in [2.75, 3.05) is 36.0 Å². The topological polar surface area (TPSA) is 102 Å². The first kappa shape index (κ1) is 19.3. The summed E-state index contributed by atoms with van der Waals surface area (Å²) < 4.78 is 5.10. The first-order valence-corrected chi connectivity index (χ1v) is 9.70. The van der Waals surface area contributed by atoms with E-state index < -0.39 is 0 Å². The van der Waals surface area contributed by atoms with Gasteiger partial charge in [0.05, 0.1) is 17.4 Å². The number of anilines is 2. The largest absolute Gasteiger partial charge is 0.466 e. The van der Waals surface area contributed by atoms with Crippen molar-refractivity contribution in [3.05, 3.63) is 16.4 Å². The number of hydrogen-bond acceptors (Lipinski definition) is 8. The van der Waals surface area contributed by atoms with Crippen LogP contribution in [0.3, 0.4) is 0 Å². The van der Waals surface area contributed by atoms with Gasteiger partial charge in [-0.05, 0) is 46.0 Å². The zero-order valence-electron chi connectivity index (χ0n) is 16.0. The highest BCUT2D eigenvalue weighted by molar-refractivity contribution is 5.74. The molecule has 0 bridgehead atoms. The van der Waals surface area contributed by atoms with E-state index in [1.165, 1.54) is 6.33 Å². The van der Waals surface area contributed by atoms with Crippen molar-refractivity contribution in [2.45, 2.75) is 52.0 Å². The summed E-state index contributed by atoms with van der Waals surface area (Å²) in [7, 11) is 0. The summed E-state index contributed by atoms with van der Waals surface area (Å²) in [5.74, 6) is 0.427. The fraction of sp³-hybridized carbons (Fsp3) is 0.722. The zero-order chi connectivity index (χ0) is 19.4. The van der Waals surface area contributed by atoms with E-state index in [0.29, 0.717) is 44.2 Å².